The Bertz CT molecular complexity index is 1220. The number of alkyl carbamates (subject to hydrolysis) is 1. The number of nitrogens with zero attached hydrogens (tertiary/aromatic N) is 5. The fraction of sp³-hybridized carbons (Fsp3) is 0.542. The maximum atomic E-state index is 13.5. The third-order valence-electron chi connectivity index (χ3n) is 6.65. The molecule has 11 nitrogen and oxygen atoms in total. The number of rotatable bonds is 9. The molecule has 0 aromatic carbocycles. The first-order chi connectivity index (χ1) is 17.5. The van der Waals surface area contributed by atoms with Gasteiger partial charge in [-0.3, -0.25) is 4.79 Å². The van der Waals surface area contributed by atoms with Crippen molar-refractivity contribution in [1.82, 2.24) is 29.8 Å². The smallest absolute Gasteiger partial charge is 0.407 e. The van der Waals surface area contributed by atoms with Gasteiger partial charge in [0.2, 0.25) is 0 Å². The number of ether oxygens (including phenoxy) is 2. The Morgan fingerprint density at radius 2 is 2.00 bits per heavy atom. The zero-order valence-electron chi connectivity index (χ0n) is 20.5. The number of aromatic nitrogens is 4. The number of nitrogens with one attached hydrogen (secondary N) is 2. The van der Waals surface area contributed by atoms with Crippen LogP contribution in [0.2, 0.25) is 0 Å². The fourth-order valence-electron chi connectivity index (χ4n) is 4.39. The third-order valence-corrected chi connectivity index (χ3v) is 7.54. The summed E-state index contributed by atoms with van der Waals surface area (Å²) in [4.78, 5) is 37.5. The molecular formula is C24H31N7O4S. The van der Waals surface area contributed by atoms with Gasteiger partial charge in [0.1, 0.15) is 22.9 Å². The van der Waals surface area contributed by atoms with E-state index in [1.165, 1.54) is 12.8 Å². The van der Waals surface area contributed by atoms with Crippen LogP contribution in [0.4, 0.5) is 10.6 Å². The lowest BCUT2D eigenvalue weighted by Crippen LogP contribution is -2.47. The maximum Gasteiger partial charge on any atom is 0.407 e. The molecule has 2 N–H and O–H groups in total. The minimum Gasteiger partial charge on any atom is -0.447 e. The largest absolute Gasteiger partial charge is 0.447 e. The molecule has 1 aliphatic carbocycles. The minimum atomic E-state index is -0.459. The Balaban J connectivity index is 1.30. The van der Waals surface area contributed by atoms with E-state index in [2.05, 4.69) is 27.6 Å². The van der Waals surface area contributed by atoms with Crippen LogP contribution in [-0.2, 0) is 9.47 Å². The summed E-state index contributed by atoms with van der Waals surface area (Å²) in [6, 6.07) is 1.98. The summed E-state index contributed by atoms with van der Waals surface area (Å²) in [5.74, 6) is 1.63. The van der Waals surface area contributed by atoms with E-state index in [-0.39, 0.29) is 24.6 Å². The van der Waals surface area contributed by atoms with E-state index >= 15 is 0 Å². The Hall–Kier alpha value is -3.25. The lowest BCUT2D eigenvalue weighted by Gasteiger charge is -2.32. The molecule has 0 bridgehead atoms. The van der Waals surface area contributed by atoms with Gasteiger partial charge < -0.3 is 25.0 Å². The van der Waals surface area contributed by atoms with E-state index in [1.54, 1.807) is 40.1 Å². The van der Waals surface area contributed by atoms with Crippen molar-refractivity contribution in [3.05, 3.63) is 29.5 Å². The molecule has 1 saturated heterocycles. The summed E-state index contributed by atoms with van der Waals surface area (Å²) in [6.07, 6.45) is 6.88. The number of amides is 2. The number of carbonyl (C=O) groups excluding carboxylic acids is 2. The monoisotopic (exact) mass is 513 g/mol. The van der Waals surface area contributed by atoms with Crippen LogP contribution in [0, 0.1) is 5.92 Å². The normalized spacial score (nSPS) is 17.2. The van der Waals surface area contributed by atoms with Crippen molar-refractivity contribution in [3.63, 3.8) is 0 Å². The third kappa shape index (κ3) is 5.59. The maximum absolute atomic E-state index is 13.5. The predicted molar refractivity (Wildman–Crippen MR) is 135 cm³/mol. The second-order valence-corrected chi connectivity index (χ2v) is 10.2. The first-order valence-electron chi connectivity index (χ1n) is 12.3. The lowest BCUT2D eigenvalue weighted by atomic mass is 10.0. The standard InChI is InChI=1S/C24H31N7O4S/c1-15(16-3-4-16)26-20-13-19(28-21(29-20)18-14-25-31-9-12-36-23(18)31)22(32)30-7-5-17(6-8-30)27-24(33)35-11-10-34-2/h9,12-17H,3-8,10-11H2,1-2H3,(H,27,33)(H,26,28,29)/t15-/m1/s1. The van der Waals surface area contributed by atoms with Crippen molar-refractivity contribution in [2.45, 2.75) is 44.7 Å². The van der Waals surface area contributed by atoms with Gasteiger partial charge in [-0.25, -0.2) is 19.3 Å². The quantitative estimate of drug-likeness (QED) is 0.419. The number of anilines is 1. The topological polar surface area (TPSA) is 123 Å². The highest BCUT2D eigenvalue weighted by atomic mass is 32.1. The number of hydrogen-bond acceptors (Lipinski definition) is 9. The van der Waals surface area contributed by atoms with Gasteiger partial charge in [-0.2, -0.15) is 5.10 Å². The second kappa shape index (κ2) is 10.8. The summed E-state index contributed by atoms with van der Waals surface area (Å²) in [5, 5.41) is 12.7. The van der Waals surface area contributed by atoms with Gasteiger partial charge in [-0.1, -0.05) is 0 Å². The zero-order valence-corrected chi connectivity index (χ0v) is 21.3. The van der Waals surface area contributed by atoms with Crippen molar-refractivity contribution < 1.29 is 19.1 Å². The molecule has 2 aliphatic rings. The highest BCUT2D eigenvalue weighted by Gasteiger charge is 2.30. The first kappa shape index (κ1) is 24.4. The summed E-state index contributed by atoms with van der Waals surface area (Å²) >= 11 is 1.56. The van der Waals surface area contributed by atoms with E-state index in [1.807, 2.05) is 11.6 Å². The molecule has 0 spiro atoms. The molecule has 3 aromatic rings. The molecule has 192 valence electrons. The summed E-state index contributed by atoms with van der Waals surface area (Å²) in [6.45, 7) is 3.75. The van der Waals surface area contributed by atoms with Crippen LogP contribution in [0.5, 0.6) is 0 Å². The average Bonchev–Trinajstić information content (AvgIpc) is 3.50. The van der Waals surface area contributed by atoms with Gasteiger partial charge in [0.15, 0.2) is 5.82 Å². The van der Waals surface area contributed by atoms with E-state index in [4.69, 9.17) is 14.5 Å². The van der Waals surface area contributed by atoms with Crippen LogP contribution in [0.1, 0.15) is 43.1 Å². The molecule has 0 radical (unpaired) electrons. The van der Waals surface area contributed by atoms with Gasteiger partial charge in [-0.05, 0) is 38.5 Å². The predicted octanol–water partition coefficient (Wildman–Crippen LogP) is 3.04. The van der Waals surface area contributed by atoms with E-state index < -0.39 is 6.09 Å². The fourth-order valence-corrected chi connectivity index (χ4v) is 5.19. The first-order valence-corrected chi connectivity index (χ1v) is 13.2. The number of hydrogen-bond donors (Lipinski definition) is 2. The molecular weight excluding hydrogens is 482 g/mol. The highest BCUT2D eigenvalue weighted by Crippen LogP contribution is 2.34. The molecule has 2 amide bonds. The van der Waals surface area contributed by atoms with Crippen LogP contribution in [0.3, 0.4) is 0 Å². The Kier molecular flexibility index (Phi) is 7.33. The molecule has 5 rings (SSSR count). The molecule has 4 heterocycles. The number of fused-ring (bicyclic) bond motifs is 1. The Morgan fingerprint density at radius 1 is 1.19 bits per heavy atom. The number of piperidine rings is 1. The Morgan fingerprint density at radius 3 is 2.75 bits per heavy atom. The average molecular weight is 514 g/mol. The molecule has 36 heavy (non-hydrogen) atoms. The highest BCUT2D eigenvalue weighted by molar-refractivity contribution is 7.16. The van der Waals surface area contributed by atoms with Crippen molar-refractivity contribution >= 4 is 34.0 Å². The second-order valence-electron chi connectivity index (χ2n) is 9.28. The van der Waals surface area contributed by atoms with Gasteiger partial charge >= 0.3 is 6.09 Å². The van der Waals surface area contributed by atoms with Crippen LogP contribution >= 0.6 is 11.3 Å². The molecule has 1 atom stereocenters. The number of likely N-dealkylation sites (tertiary alicyclic amines) is 1. The Labute approximate surface area is 213 Å². The SMILES string of the molecule is COCCOC(=O)NC1CCN(C(=O)c2cc(N[C@H](C)C3CC3)nc(-c3cnn4ccsc34)n2)CC1. The van der Waals surface area contributed by atoms with Crippen molar-refractivity contribution in [2.75, 3.05) is 38.7 Å². The van der Waals surface area contributed by atoms with Crippen LogP contribution in [0.15, 0.2) is 23.8 Å². The van der Waals surface area contributed by atoms with Crippen molar-refractivity contribution in [1.29, 1.82) is 0 Å². The number of carbonyl (C=O) groups is 2. The van der Waals surface area contributed by atoms with Gasteiger partial charge in [0.25, 0.3) is 5.91 Å². The van der Waals surface area contributed by atoms with E-state index in [0.29, 0.717) is 55.8 Å². The van der Waals surface area contributed by atoms with E-state index in [9.17, 15) is 9.59 Å². The molecule has 1 aliphatic heterocycles. The molecule has 3 aromatic heterocycles. The molecule has 12 heteroatoms. The summed E-state index contributed by atoms with van der Waals surface area (Å²) < 4.78 is 11.8. The van der Waals surface area contributed by atoms with Gasteiger partial charge in [0, 0.05) is 49.9 Å². The van der Waals surface area contributed by atoms with Crippen molar-refractivity contribution in [2.24, 2.45) is 5.92 Å². The van der Waals surface area contributed by atoms with Crippen molar-refractivity contribution in [3.8, 4) is 11.4 Å². The minimum absolute atomic E-state index is 0.0406. The van der Waals surface area contributed by atoms with Gasteiger partial charge in [0.05, 0.1) is 18.4 Å². The molecule has 2 fully saturated rings. The lowest BCUT2D eigenvalue weighted by molar-refractivity contribution is 0.0687. The van der Waals surface area contributed by atoms with Crippen LogP contribution in [-0.4, -0.2) is 82.0 Å². The van der Waals surface area contributed by atoms with Gasteiger partial charge in [-0.15, -0.1) is 11.3 Å². The summed E-state index contributed by atoms with van der Waals surface area (Å²) in [5.41, 5.74) is 1.16. The molecule has 0 unspecified atom stereocenters. The molecule has 1 saturated carbocycles. The van der Waals surface area contributed by atoms with Crippen LogP contribution < -0.4 is 10.6 Å². The zero-order chi connectivity index (χ0) is 25.1. The van der Waals surface area contributed by atoms with E-state index in [0.717, 1.165) is 10.4 Å². The number of thiazole rings is 1. The van der Waals surface area contributed by atoms with Crippen LogP contribution in [0.25, 0.3) is 16.2 Å². The summed E-state index contributed by atoms with van der Waals surface area (Å²) in [7, 11) is 1.56. The number of methoxy groups -OCH3 is 1.